The third kappa shape index (κ3) is 10.3. The summed E-state index contributed by atoms with van der Waals surface area (Å²) in [6.07, 6.45) is 0.271. The fourth-order valence-corrected chi connectivity index (χ4v) is 1.77. The van der Waals surface area contributed by atoms with Gasteiger partial charge in [-0.1, -0.05) is 13.8 Å². The van der Waals surface area contributed by atoms with Gasteiger partial charge in [-0.15, -0.1) is 0 Å². The maximum atomic E-state index is 11.7. The average Bonchev–Trinajstić information content (AvgIpc) is 2.10. The summed E-state index contributed by atoms with van der Waals surface area (Å²) in [5.41, 5.74) is -0.881. The number of rotatable bonds is 7. The standard InChI is InChI=1S/C14H26N2O4/c1-13(2,3)16-10(17)6-7-15-11(18)8-14(4,5)9-12(19)20/h6-9H2,1-5H3,(H,15,18)(H,16,17)(H,19,20). The van der Waals surface area contributed by atoms with Crippen LogP contribution in [-0.4, -0.2) is 35.0 Å². The monoisotopic (exact) mass is 286 g/mol. The van der Waals surface area contributed by atoms with Crippen LogP contribution in [0.25, 0.3) is 0 Å². The highest BCUT2D eigenvalue weighted by Crippen LogP contribution is 2.24. The molecule has 0 radical (unpaired) electrons. The maximum absolute atomic E-state index is 11.7. The van der Waals surface area contributed by atoms with Crippen molar-refractivity contribution in [3.63, 3.8) is 0 Å². The second kappa shape index (κ2) is 7.26. The number of carboxylic acids is 1. The van der Waals surface area contributed by atoms with E-state index in [2.05, 4.69) is 10.6 Å². The predicted octanol–water partition coefficient (Wildman–Crippen LogP) is 1.30. The second-order valence-corrected chi connectivity index (χ2v) is 6.81. The molecule has 0 saturated heterocycles. The van der Waals surface area contributed by atoms with E-state index in [-0.39, 0.29) is 43.2 Å². The van der Waals surface area contributed by atoms with Crippen LogP contribution >= 0.6 is 0 Å². The fourth-order valence-electron chi connectivity index (χ4n) is 1.77. The number of hydrogen-bond donors (Lipinski definition) is 3. The van der Waals surface area contributed by atoms with Crippen molar-refractivity contribution in [1.82, 2.24) is 10.6 Å². The molecule has 6 nitrogen and oxygen atoms in total. The molecule has 0 bridgehead atoms. The number of hydrogen-bond acceptors (Lipinski definition) is 3. The lowest BCUT2D eigenvalue weighted by Crippen LogP contribution is -2.42. The van der Waals surface area contributed by atoms with Gasteiger partial charge in [0.25, 0.3) is 0 Å². The van der Waals surface area contributed by atoms with Gasteiger partial charge in [-0.2, -0.15) is 0 Å². The second-order valence-electron chi connectivity index (χ2n) is 6.81. The van der Waals surface area contributed by atoms with Crippen LogP contribution in [0.1, 0.15) is 53.9 Å². The molecule has 0 aliphatic carbocycles. The van der Waals surface area contributed by atoms with Gasteiger partial charge in [0, 0.05) is 24.9 Å². The van der Waals surface area contributed by atoms with Gasteiger partial charge in [0.15, 0.2) is 0 Å². The van der Waals surface area contributed by atoms with E-state index in [1.165, 1.54) is 0 Å². The third-order valence-electron chi connectivity index (χ3n) is 2.46. The van der Waals surface area contributed by atoms with Crippen molar-refractivity contribution in [3.05, 3.63) is 0 Å². The Labute approximate surface area is 120 Å². The zero-order valence-electron chi connectivity index (χ0n) is 13.0. The SMILES string of the molecule is CC(C)(CC(=O)O)CC(=O)NCCC(=O)NC(C)(C)C. The van der Waals surface area contributed by atoms with Crippen molar-refractivity contribution in [2.75, 3.05) is 6.54 Å². The summed E-state index contributed by atoms with van der Waals surface area (Å²) in [5, 5.41) is 14.2. The van der Waals surface area contributed by atoms with Crippen LogP contribution in [0.15, 0.2) is 0 Å². The highest BCUT2D eigenvalue weighted by molar-refractivity contribution is 5.80. The molecule has 0 saturated carbocycles. The van der Waals surface area contributed by atoms with Gasteiger partial charge in [0.1, 0.15) is 0 Å². The highest BCUT2D eigenvalue weighted by atomic mass is 16.4. The Balaban J connectivity index is 4.01. The van der Waals surface area contributed by atoms with Crippen molar-refractivity contribution in [2.24, 2.45) is 5.41 Å². The first-order valence-electron chi connectivity index (χ1n) is 6.71. The lowest BCUT2D eigenvalue weighted by molar-refractivity contribution is -0.139. The van der Waals surface area contributed by atoms with Crippen LogP contribution in [0, 0.1) is 5.41 Å². The Hall–Kier alpha value is -1.59. The van der Waals surface area contributed by atoms with E-state index in [1.54, 1.807) is 13.8 Å². The van der Waals surface area contributed by atoms with Gasteiger partial charge >= 0.3 is 5.97 Å². The lowest BCUT2D eigenvalue weighted by atomic mass is 9.85. The minimum Gasteiger partial charge on any atom is -0.481 e. The van der Waals surface area contributed by atoms with Crippen LogP contribution in [0.3, 0.4) is 0 Å². The molecule has 0 fully saturated rings. The summed E-state index contributed by atoms with van der Waals surface area (Å²) in [5.74, 6) is -1.28. The molecule has 0 aliphatic rings. The molecule has 0 atom stereocenters. The topological polar surface area (TPSA) is 95.5 Å². The van der Waals surface area contributed by atoms with Crippen LogP contribution in [0.2, 0.25) is 0 Å². The zero-order chi connectivity index (χ0) is 16.0. The Morgan fingerprint density at radius 3 is 1.95 bits per heavy atom. The summed E-state index contributed by atoms with van der Waals surface area (Å²) < 4.78 is 0. The van der Waals surface area contributed by atoms with E-state index in [0.717, 1.165) is 0 Å². The first-order valence-corrected chi connectivity index (χ1v) is 6.71. The van der Waals surface area contributed by atoms with Gasteiger partial charge < -0.3 is 15.7 Å². The van der Waals surface area contributed by atoms with Crippen molar-refractivity contribution < 1.29 is 19.5 Å². The van der Waals surface area contributed by atoms with Crippen molar-refractivity contribution in [1.29, 1.82) is 0 Å². The van der Waals surface area contributed by atoms with Crippen LogP contribution in [0.5, 0.6) is 0 Å². The van der Waals surface area contributed by atoms with E-state index in [4.69, 9.17) is 5.11 Å². The molecule has 0 heterocycles. The number of aliphatic carboxylic acids is 1. The van der Waals surface area contributed by atoms with Crippen molar-refractivity contribution in [3.8, 4) is 0 Å². The molecule has 0 aromatic heterocycles. The molecule has 3 N–H and O–H groups in total. The summed E-state index contributed by atoms with van der Waals surface area (Å²) in [7, 11) is 0. The van der Waals surface area contributed by atoms with Gasteiger partial charge in [-0.25, -0.2) is 0 Å². The normalized spacial score (nSPS) is 11.8. The molecule has 0 aromatic carbocycles. The Kier molecular flexibility index (Phi) is 6.68. The lowest BCUT2D eigenvalue weighted by Gasteiger charge is -2.22. The fraction of sp³-hybridized carbons (Fsp3) is 0.786. The van der Waals surface area contributed by atoms with Crippen LogP contribution in [0.4, 0.5) is 0 Å². The first-order chi connectivity index (χ1) is 8.91. The molecule has 0 unspecified atom stereocenters. The summed E-state index contributed by atoms with van der Waals surface area (Å²) >= 11 is 0. The van der Waals surface area contributed by atoms with E-state index in [1.807, 2.05) is 20.8 Å². The average molecular weight is 286 g/mol. The zero-order valence-corrected chi connectivity index (χ0v) is 13.0. The van der Waals surface area contributed by atoms with E-state index < -0.39 is 11.4 Å². The number of nitrogens with one attached hydrogen (secondary N) is 2. The molecule has 20 heavy (non-hydrogen) atoms. The summed E-state index contributed by atoms with van der Waals surface area (Å²) in [6, 6.07) is 0. The van der Waals surface area contributed by atoms with E-state index >= 15 is 0 Å². The van der Waals surface area contributed by atoms with E-state index in [9.17, 15) is 14.4 Å². The Bertz CT molecular complexity index is 370. The number of amides is 2. The van der Waals surface area contributed by atoms with Gasteiger partial charge in [0.2, 0.25) is 11.8 Å². The van der Waals surface area contributed by atoms with Crippen molar-refractivity contribution in [2.45, 2.75) is 59.4 Å². The van der Waals surface area contributed by atoms with E-state index in [0.29, 0.717) is 0 Å². The molecule has 0 spiro atoms. The Morgan fingerprint density at radius 2 is 1.50 bits per heavy atom. The van der Waals surface area contributed by atoms with Gasteiger partial charge in [0.05, 0.1) is 6.42 Å². The summed E-state index contributed by atoms with van der Waals surface area (Å²) in [4.78, 5) is 33.8. The highest BCUT2D eigenvalue weighted by Gasteiger charge is 2.25. The molecule has 0 aromatic rings. The minimum absolute atomic E-state index is 0.0646. The minimum atomic E-state index is -0.924. The molecular formula is C14H26N2O4. The quantitative estimate of drug-likeness (QED) is 0.657. The molecule has 6 heteroatoms. The number of carbonyl (C=O) groups is 3. The number of carbonyl (C=O) groups excluding carboxylic acids is 2. The number of carboxylic acid groups (broad SMARTS) is 1. The smallest absolute Gasteiger partial charge is 0.303 e. The van der Waals surface area contributed by atoms with Crippen molar-refractivity contribution >= 4 is 17.8 Å². The molecular weight excluding hydrogens is 260 g/mol. The Morgan fingerprint density at radius 1 is 0.950 bits per heavy atom. The molecule has 116 valence electrons. The largest absolute Gasteiger partial charge is 0.481 e. The predicted molar refractivity (Wildman–Crippen MR) is 76.2 cm³/mol. The summed E-state index contributed by atoms with van der Waals surface area (Å²) in [6.45, 7) is 9.37. The van der Waals surface area contributed by atoms with Gasteiger partial charge in [-0.05, 0) is 26.2 Å². The molecule has 0 rings (SSSR count). The first kappa shape index (κ1) is 18.4. The van der Waals surface area contributed by atoms with Gasteiger partial charge in [-0.3, -0.25) is 14.4 Å². The van der Waals surface area contributed by atoms with Crippen LogP contribution in [-0.2, 0) is 14.4 Å². The molecule has 2 amide bonds. The third-order valence-corrected chi connectivity index (χ3v) is 2.46. The molecule has 0 aliphatic heterocycles. The maximum Gasteiger partial charge on any atom is 0.303 e. The van der Waals surface area contributed by atoms with Crippen LogP contribution < -0.4 is 10.6 Å².